The third kappa shape index (κ3) is 3.66. The number of hydrogen-bond donors (Lipinski definition) is 1. The zero-order chi connectivity index (χ0) is 18.6. The topological polar surface area (TPSA) is 77.0 Å². The summed E-state index contributed by atoms with van der Waals surface area (Å²) in [7, 11) is 0. The molecule has 0 aliphatic carbocycles. The van der Waals surface area contributed by atoms with Crippen LogP contribution in [0.2, 0.25) is 0 Å². The van der Waals surface area contributed by atoms with Crippen LogP contribution in [0.15, 0.2) is 69.6 Å². The van der Waals surface area contributed by atoms with Crippen LogP contribution >= 0.6 is 0 Å². The molecule has 0 spiro atoms. The van der Waals surface area contributed by atoms with Gasteiger partial charge in [-0.3, -0.25) is 0 Å². The molecule has 4 rings (SSSR count). The summed E-state index contributed by atoms with van der Waals surface area (Å²) in [6.07, 6.45) is 0. The van der Waals surface area contributed by atoms with Crippen molar-refractivity contribution in [3.63, 3.8) is 0 Å². The van der Waals surface area contributed by atoms with Crippen LogP contribution in [-0.4, -0.2) is 15.4 Å². The summed E-state index contributed by atoms with van der Waals surface area (Å²) in [5, 5.41) is 15.9. The fourth-order valence-corrected chi connectivity index (χ4v) is 2.94. The van der Waals surface area contributed by atoms with Gasteiger partial charge in [0.05, 0.1) is 6.54 Å². The number of rotatable bonds is 6. The van der Waals surface area contributed by atoms with Crippen molar-refractivity contribution in [3.05, 3.63) is 77.9 Å². The van der Waals surface area contributed by atoms with Gasteiger partial charge in [-0.05, 0) is 19.4 Å². The smallest absolute Gasteiger partial charge is 0.253 e. The maximum Gasteiger partial charge on any atom is 0.253 e. The first-order valence-electron chi connectivity index (χ1n) is 8.85. The Morgan fingerprint density at radius 1 is 0.963 bits per heavy atom. The van der Waals surface area contributed by atoms with Crippen LogP contribution in [0.5, 0.6) is 0 Å². The fraction of sp³-hybridized carbons (Fsp3) is 0.190. The summed E-state index contributed by atoms with van der Waals surface area (Å²) in [6.45, 7) is 4.42. The molecule has 27 heavy (non-hydrogen) atoms. The highest BCUT2D eigenvalue weighted by molar-refractivity contribution is 5.77. The maximum atomic E-state index is 5.87. The van der Waals surface area contributed by atoms with E-state index in [-0.39, 0.29) is 6.04 Å². The van der Waals surface area contributed by atoms with Gasteiger partial charge in [-0.1, -0.05) is 65.8 Å². The van der Waals surface area contributed by atoms with Gasteiger partial charge < -0.3 is 14.3 Å². The molecule has 0 fully saturated rings. The predicted octanol–water partition coefficient (Wildman–Crippen LogP) is 4.55. The molecule has 0 saturated heterocycles. The number of aromatic nitrogens is 3. The molecule has 0 amide bonds. The van der Waals surface area contributed by atoms with Gasteiger partial charge in [-0.25, -0.2) is 0 Å². The highest BCUT2D eigenvalue weighted by atomic mass is 16.5. The number of hydrogen-bond acceptors (Lipinski definition) is 6. The van der Waals surface area contributed by atoms with E-state index in [1.807, 2.05) is 55.5 Å². The Balaban J connectivity index is 1.53. The number of benzene rings is 2. The average molecular weight is 360 g/mol. The lowest BCUT2D eigenvalue weighted by Gasteiger charge is -2.12. The first-order valence-corrected chi connectivity index (χ1v) is 8.85. The number of nitrogens with zero attached hydrogens (tertiary/aromatic N) is 3. The van der Waals surface area contributed by atoms with Crippen molar-refractivity contribution in [2.45, 2.75) is 26.4 Å². The van der Waals surface area contributed by atoms with Crippen molar-refractivity contribution in [2.24, 2.45) is 0 Å². The van der Waals surface area contributed by atoms with Crippen molar-refractivity contribution >= 4 is 0 Å². The standard InChI is InChI=1S/C21H20N4O2/c1-14(16-9-5-3-6-10-16)22-13-18-23-24-21(26-18)19-15(2)27-25-20(19)17-11-7-4-8-12-17/h3-12,14,22H,13H2,1-2H3. The normalized spacial score (nSPS) is 12.2. The van der Waals surface area contributed by atoms with Crippen molar-refractivity contribution in [2.75, 3.05) is 0 Å². The zero-order valence-corrected chi connectivity index (χ0v) is 15.2. The van der Waals surface area contributed by atoms with E-state index in [1.165, 1.54) is 5.56 Å². The second kappa shape index (κ2) is 7.55. The van der Waals surface area contributed by atoms with Crippen LogP contribution < -0.4 is 5.32 Å². The molecule has 0 aliphatic rings. The largest absolute Gasteiger partial charge is 0.419 e. The van der Waals surface area contributed by atoms with Crippen LogP contribution in [0.3, 0.4) is 0 Å². The van der Waals surface area contributed by atoms with E-state index in [4.69, 9.17) is 8.94 Å². The molecule has 136 valence electrons. The lowest BCUT2D eigenvalue weighted by Crippen LogP contribution is -2.18. The SMILES string of the molecule is Cc1onc(-c2ccccc2)c1-c1nnc(CNC(C)c2ccccc2)o1. The van der Waals surface area contributed by atoms with Gasteiger partial charge in [-0.2, -0.15) is 0 Å². The Morgan fingerprint density at radius 3 is 2.41 bits per heavy atom. The Bertz CT molecular complexity index is 1010. The third-order valence-corrected chi connectivity index (χ3v) is 4.45. The van der Waals surface area contributed by atoms with Crippen molar-refractivity contribution in [1.82, 2.24) is 20.7 Å². The summed E-state index contributed by atoms with van der Waals surface area (Å²) in [4.78, 5) is 0. The molecule has 2 heterocycles. The fourth-order valence-electron chi connectivity index (χ4n) is 2.94. The molecule has 6 nitrogen and oxygen atoms in total. The minimum absolute atomic E-state index is 0.179. The summed E-state index contributed by atoms with van der Waals surface area (Å²) < 4.78 is 11.2. The summed E-state index contributed by atoms with van der Waals surface area (Å²) in [5.41, 5.74) is 3.59. The highest BCUT2D eigenvalue weighted by Gasteiger charge is 2.22. The van der Waals surface area contributed by atoms with E-state index < -0.39 is 0 Å². The monoisotopic (exact) mass is 360 g/mol. The van der Waals surface area contributed by atoms with Gasteiger partial charge in [0.15, 0.2) is 0 Å². The van der Waals surface area contributed by atoms with E-state index >= 15 is 0 Å². The lowest BCUT2D eigenvalue weighted by molar-refractivity contribution is 0.399. The van der Waals surface area contributed by atoms with E-state index in [1.54, 1.807) is 0 Å². The van der Waals surface area contributed by atoms with Crippen LogP contribution in [0, 0.1) is 6.92 Å². The zero-order valence-electron chi connectivity index (χ0n) is 15.2. The minimum atomic E-state index is 0.179. The van der Waals surface area contributed by atoms with Gasteiger partial charge >= 0.3 is 0 Å². The number of nitrogens with one attached hydrogen (secondary N) is 1. The molecule has 0 radical (unpaired) electrons. The van der Waals surface area contributed by atoms with Gasteiger partial charge in [0.2, 0.25) is 5.89 Å². The van der Waals surface area contributed by atoms with Crippen LogP contribution in [0.4, 0.5) is 0 Å². The van der Waals surface area contributed by atoms with Gasteiger partial charge in [-0.15, -0.1) is 10.2 Å². The Hall–Kier alpha value is -3.25. The molecular weight excluding hydrogens is 340 g/mol. The van der Waals surface area contributed by atoms with Gasteiger partial charge in [0.25, 0.3) is 5.89 Å². The molecule has 1 N–H and O–H groups in total. The second-order valence-electron chi connectivity index (χ2n) is 6.34. The molecule has 2 aromatic heterocycles. The predicted molar refractivity (Wildman–Crippen MR) is 102 cm³/mol. The Morgan fingerprint density at radius 2 is 1.67 bits per heavy atom. The molecule has 6 heteroatoms. The highest BCUT2D eigenvalue weighted by Crippen LogP contribution is 2.33. The lowest BCUT2D eigenvalue weighted by atomic mass is 10.1. The van der Waals surface area contributed by atoms with Gasteiger partial charge in [0.1, 0.15) is 17.0 Å². The Kier molecular flexibility index (Phi) is 4.80. The molecule has 2 aromatic carbocycles. The average Bonchev–Trinajstić information content (AvgIpc) is 3.33. The molecule has 1 unspecified atom stereocenters. The van der Waals surface area contributed by atoms with Crippen LogP contribution in [-0.2, 0) is 6.54 Å². The van der Waals surface area contributed by atoms with E-state index in [9.17, 15) is 0 Å². The molecule has 4 aromatic rings. The van der Waals surface area contributed by atoms with Gasteiger partial charge in [0, 0.05) is 11.6 Å². The quantitative estimate of drug-likeness (QED) is 0.543. The third-order valence-electron chi connectivity index (χ3n) is 4.45. The summed E-state index contributed by atoms with van der Waals surface area (Å²) in [6, 6.07) is 20.2. The molecule has 0 bridgehead atoms. The summed E-state index contributed by atoms with van der Waals surface area (Å²) in [5.74, 6) is 1.58. The van der Waals surface area contributed by atoms with E-state index in [0.717, 1.165) is 11.1 Å². The Labute approximate surface area is 157 Å². The van der Waals surface area contributed by atoms with E-state index in [2.05, 4.69) is 39.7 Å². The van der Waals surface area contributed by atoms with Crippen molar-refractivity contribution < 1.29 is 8.94 Å². The minimum Gasteiger partial charge on any atom is -0.419 e. The first-order chi connectivity index (χ1) is 13.2. The summed E-state index contributed by atoms with van der Waals surface area (Å²) >= 11 is 0. The first kappa shape index (κ1) is 17.2. The van der Waals surface area contributed by atoms with Crippen molar-refractivity contribution in [1.29, 1.82) is 0 Å². The van der Waals surface area contributed by atoms with Crippen molar-refractivity contribution in [3.8, 4) is 22.7 Å². The second-order valence-corrected chi connectivity index (χ2v) is 6.34. The van der Waals surface area contributed by atoms with Crippen LogP contribution in [0.1, 0.15) is 30.2 Å². The van der Waals surface area contributed by atoms with Crippen LogP contribution in [0.25, 0.3) is 22.7 Å². The molecule has 0 aliphatic heterocycles. The van der Waals surface area contributed by atoms with E-state index in [0.29, 0.717) is 29.8 Å². The number of aryl methyl sites for hydroxylation is 1. The maximum absolute atomic E-state index is 5.87. The molecule has 0 saturated carbocycles. The molecule has 1 atom stereocenters. The molecular formula is C21H20N4O2.